The van der Waals surface area contributed by atoms with E-state index in [1.165, 1.54) is 23.5 Å². The third-order valence-corrected chi connectivity index (χ3v) is 3.78. The lowest BCUT2D eigenvalue weighted by atomic mass is 10.1. The van der Waals surface area contributed by atoms with Crippen molar-refractivity contribution in [1.29, 1.82) is 0 Å². The number of rotatable bonds is 6. The van der Waals surface area contributed by atoms with Crippen LogP contribution in [0.4, 0.5) is 13.2 Å². The molecule has 21 heavy (non-hydrogen) atoms. The summed E-state index contributed by atoms with van der Waals surface area (Å²) in [5.41, 5.74) is 0.463. The molecule has 0 aliphatic heterocycles. The number of aromatic nitrogens is 1. The van der Waals surface area contributed by atoms with E-state index in [0.29, 0.717) is 5.56 Å². The Kier molecular flexibility index (Phi) is 5.19. The standard InChI is InChI=1S/C14H15F3N2OS/c1-2-11(13-18-7-8-21-13)19-9-10-5-3-4-6-12(10)20-14(15,16)17/h3-8,11,19H,2,9H2,1H3. The van der Waals surface area contributed by atoms with E-state index in [-0.39, 0.29) is 18.3 Å². The minimum Gasteiger partial charge on any atom is -0.405 e. The molecule has 0 saturated carbocycles. The van der Waals surface area contributed by atoms with Gasteiger partial charge in [0.1, 0.15) is 10.8 Å². The van der Waals surface area contributed by atoms with E-state index in [0.717, 1.165) is 11.4 Å². The Morgan fingerprint density at radius 3 is 2.71 bits per heavy atom. The Morgan fingerprint density at radius 2 is 2.10 bits per heavy atom. The number of halogens is 3. The number of ether oxygens (including phenoxy) is 1. The van der Waals surface area contributed by atoms with Crippen LogP contribution in [0.3, 0.4) is 0 Å². The van der Waals surface area contributed by atoms with Crippen LogP contribution in [0.25, 0.3) is 0 Å². The molecular formula is C14H15F3N2OS. The van der Waals surface area contributed by atoms with Gasteiger partial charge in [-0.25, -0.2) is 4.98 Å². The summed E-state index contributed by atoms with van der Waals surface area (Å²) in [5, 5.41) is 6.01. The molecule has 1 N–H and O–H groups in total. The average Bonchev–Trinajstić information content (AvgIpc) is 2.93. The Balaban J connectivity index is 2.06. The molecule has 0 saturated heterocycles. The molecule has 1 atom stereocenters. The van der Waals surface area contributed by atoms with E-state index in [1.54, 1.807) is 18.3 Å². The van der Waals surface area contributed by atoms with Gasteiger partial charge in [-0.3, -0.25) is 0 Å². The highest BCUT2D eigenvalue weighted by Gasteiger charge is 2.32. The fraction of sp³-hybridized carbons (Fsp3) is 0.357. The first kappa shape index (κ1) is 15.8. The first-order valence-electron chi connectivity index (χ1n) is 6.46. The van der Waals surface area contributed by atoms with Crippen LogP contribution in [0.5, 0.6) is 5.75 Å². The zero-order valence-corrected chi connectivity index (χ0v) is 12.2. The van der Waals surface area contributed by atoms with Gasteiger partial charge in [-0.2, -0.15) is 0 Å². The Labute approximate surface area is 124 Å². The number of nitrogens with one attached hydrogen (secondary N) is 1. The van der Waals surface area contributed by atoms with E-state index >= 15 is 0 Å². The Morgan fingerprint density at radius 1 is 1.33 bits per heavy atom. The summed E-state index contributed by atoms with van der Waals surface area (Å²) in [6, 6.07) is 6.15. The summed E-state index contributed by atoms with van der Waals surface area (Å²) in [5.74, 6) is -0.175. The first-order valence-corrected chi connectivity index (χ1v) is 7.34. The van der Waals surface area contributed by atoms with Crippen LogP contribution in [-0.2, 0) is 6.54 Å². The number of thiazole rings is 1. The molecule has 0 radical (unpaired) electrons. The van der Waals surface area contributed by atoms with Gasteiger partial charge in [-0.05, 0) is 12.5 Å². The number of benzene rings is 1. The van der Waals surface area contributed by atoms with Crippen molar-refractivity contribution in [2.24, 2.45) is 0 Å². The summed E-state index contributed by atoms with van der Waals surface area (Å²) < 4.78 is 41.1. The molecule has 3 nitrogen and oxygen atoms in total. The van der Waals surface area contributed by atoms with Crippen molar-refractivity contribution < 1.29 is 17.9 Å². The molecule has 0 amide bonds. The fourth-order valence-electron chi connectivity index (χ4n) is 1.92. The molecule has 1 unspecified atom stereocenters. The minimum atomic E-state index is -4.68. The van der Waals surface area contributed by atoms with Crippen LogP contribution < -0.4 is 10.1 Å². The molecule has 0 bridgehead atoms. The van der Waals surface area contributed by atoms with Crippen molar-refractivity contribution in [2.45, 2.75) is 32.3 Å². The SMILES string of the molecule is CCC(NCc1ccccc1OC(F)(F)F)c1nccs1. The van der Waals surface area contributed by atoms with E-state index in [1.807, 2.05) is 12.3 Å². The maximum atomic E-state index is 12.4. The molecule has 1 aromatic carbocycles. The minimum absolute atomic E-state index is 0.0175. The Hall–Kier alpha value is -1.60. The molecule has 0 fully saturated rings. The number of para-hydroxylation sites is 1. The molecule has 1 heterocycles. The first-order chi connectivity index (χ1) is 9.99. The van der Waals surface area contributed by atoms with Gasteiger partial charge in [0.05, 0.1) is 6.04 Å². The summed E-state index contributed by atoms with van der Waals surface area (Å²) in [6.07, 6.45) is -2.17. The van der Waals surface area contributed by atoms with Crippen LogP contribution in [0.15, 0.2) is 35.8 Å². The van der Waals surface area contributed by atoms with Gasteiger partial charge in [0, 0.05) is 23.7 Å². The Bertz CT molecular complexity index is 558. The molecule has 0 spiro atoms. The van der Waals surface area contributed by atoms with Gasteiger partial charge >= 0.3 is 6.36 Å². The number of nitrogens with zero attached hydrogens (tertiary/aromatic N) is 1. The summed E-state index contributed by atoms with van der Waals surface area (Å²) >= 11 is 1.52. The second kappa shape index (κ2) is 6.91. The van der Waals surface area contributed by atoms with Gasteiger partial charge in [-0.15, -0.1) is 24.5 Å². The van der Waals surface area contributed by atoms with Crippen molar-refractivity contribution in [3.05, 3.63) is 46.4 Å². The van der Waals surface area contributed by atoms with Crippen molar-refractivity contribution in [3.63, 3.8) is 0 Å². The van der Waals surface area contributed by atoms with E-state index in [2.05, 4.69) is 15.0 Å². The lowest BCUT2D eigenvalue weighted by molar-refractivity contribution is -0.274. The normalized spacial score (nSPS) is 13.1. The molecule has 7 heteroatoms. The molecule has 0 aliphatic carbocycles. The van der Waals surface area contributed by atoms with E-state index in [9.17, 15) is 13.2 Å². The highest BCUT2D eigenvalue weighted by molar-refractivity contribution is 7.09. The van der Waals surface area contributed by atoms with Crippen LogP contribution >= 0.6 is 11.3 Å². The topological polar surface area (TPSA) is 34.1 Å². The fourth-order valence-corrected chi connectivity index (χ4v) is 2.72. The van der Waals surface area contributed by atoms with Gasteiger partial charge in [0.15, 0.2) is 0 Å². The molecule has 2 rings (SSSR count). The van der Waals surface area contributed by atoms with Gasteiger partial charge in [0.25, 0.3) is 0 Å². The molecule has 2 aromatic rings. The van der Waals surface area contributed by atoms with Gasteiger partial charge in [0.2, 0.25) is 0 Å². The second-order valence-corrected chi connectivity index (χ2v) is 5.29. The lowest BCUT2D eigenvalue weighted by Crippen LogP contribution is -2.22. The number of alkyl halides is 3. The quantitative estimate of drug-likeness (QED) is 0.863. The largest absolute Gasteiger partial charge is 0.573 e. The van der Waals surface area contributed by atoms with Crippen LogP contribution in [0.2, 0.25) is 0 Å². The molecule has 0 aliphatic rings. The number of hydrogen-bond donors (Lipinski definition) is 1. The average molecular weight is 316 g/mol. The molecular weight excluding hydrogens is 301 g/mol. The van der Waals surface area contributed by atoms with E-state index < -0.39 is 6.36 Å². The van der Waals surface area contributed by atoms with Crippen molar-refractivity contribution >= 4 is 11.3 Å². The molecule has 1 aromatic heterocycles. The maximum absolute atomic E-state index is 12.4. The summed E-state index contributed by atoms with van der Waals surface area (Å²) in [4.78, 5) is 4.23. The monoisotopic (exact) mass is 316 g/mol. The summed E-state index contributed by atoms with van der Waals surface area (Å²) in [6.45, 7) is 2.28. The summed E-state index contributed by atoms with van der Waals surface area (Å²) in [7, 11) is 0. The highest BCUT2D eigenvalue weighted by atomic mass is 32.1. The molecule has 114 valence electrons. The third kappa shape index (κ3) is 4.71. The predicted molar refractivity (Wildman–Crippen MR) is 75.1 cm³/mol. The zero-order chi connectivity index (χ0) is 15.3. The van der Waals surface area contributed by atoms with Gasteiger partial charge in [-0.1, -0.05) is 25.1 Å². The lowest BCUT2D eigenvalue weighted by Gasteiger charge is -2.17. The number of hydrogen-bond acceptors (Lipinski definition) is 4. The predicted octanol–water partition coefficient (Wildman–Crippen LogP) is 4.28. The van der Waals surface area contributed by atoms with Crippen molar-refractivity contribution in [3.8, 4) is 5.75 Å². The highest BCUT2D eigenvalue weighted by Crippen LogP contribution is 2.27. The van der Waals surface area contributed by atoms with E-state index in [4.69, 9.17) is 0 Å². The van der Waals surface area contributed by atoms with Crippen molar-refractivity contribution in [2.75, 3.05) is 0 Å². The van der Waals surface area contributed by atoms with Crippen LogP contribution in [-0.4, -0.2) is 11.3 Å². The second-order valence-electron chi connectivity index (χ2n) is 4.37. The van der Waals surface area contributed by atoms with Gasteiger partial charge < -0.3 is 10.1 Å². The zero-order valence-electron chi connectivity index (χ0n) is 11.4. The third-order valence-electron chi connectivity index (χ3n) is 2.89. The van der Waals surface area contributed by atoms with Crippen molar-refractivity contribution in [1.82, 2.24) is 10.3 Å². The van der Waals surface area contributed by atoms with Crippen LogP contribution in [0, 0.1) is 0 Å². The maximum Gasteiger partial charge on any atom is 0.573 e. The van der Waals surface area contributed by atoms with Crippen LogP contribution in [0.1, 0.15) is 30.0 Å². The smallest absolute Gasteiger partial charge is 0.405 e.